The number of β-lactam (4-membered cyclic amide) rings is 2. The molecule has 1 spiro atoms. The molecule has 1 saturated carbocycles. The lowest BCUT2D eigenvalue weighted by Gasteiger charge is -2.66. The van der Waals surface area contributed by atoms with Crippen molar-refractivity contribution in [1.29, 1.82) is 0 Å². The summed E-state index contributed by atoms with van der Waals surface area (Å²) in [5.74, 6) is -0.761. The summed E-state index contributed by atoms with van der Waals surface area (Å²) in [6.07, 6.45) is 5.98. The van der Waals surface area contributed by atoms with Crippen molar-refractivity contribution < 1.29 is 23.2 Å². The molecule has 4 aliphatic rings. The van der Waals surface area contributed by atoms with Crippen molar-refractivity contribution in [3.8, 4) is 0 Å². The topological polar surface area (TPSA) is 72.9 Å². The minimum absolute atomic E-state index is 0.105. The Morgan fingerprint density at radius 2 is 1.44 bits per heavy atom. The molecule has 2 fully saturated rings. The number of carbonyl (C=O) groups is 3. The van der Waals surface area contributed by atoms with E-state index in [4.69, 9.17) is 8.85 Å². The van der Waals surface area contributed by atoms with E-state index in [1.165, 1.54) is 7.05 Å². The average molecular weight is 526 g/mol. The highest BCUT2D eigenvalue weighted by atomic mass is 32.2. The molecule has 3 aliphatic carbocycles. The molecule has 34 heavy (non-hydrogen) atoms. The van der Waals surface area contributed by atoms with Crippen LogP contribution in [0.3, 0.4) is 0 Å². The summed E-state index contributed by atoms with van der Waals surface area (Å²) in [7, 11) is -3.48. The Morgan fingerprint density at radius 3 is 1.88 bits per heavy atom. The maximum atomic E-state index is 14.8. The highest BCUT2D eigenvalue weighted by molar-refractivity contribution is 7.98. The zero-order valence-corrected chi connectivity index (χ0v) is 25.9. The van der Waals surface area contributed by atoms with Crippen LogP contribution in [0.15, 0.2) is 12.2 Å². The van der Waals surface area contributed by atoms with Gasteiger partial charge in [-0.2, -0.15) is 11.8 Å². The second kappa shape index (κ2) is 7.87. The van der Waals surface area contributed by atoms with Crippen molar-refractivity contribution in [3.63, 3.8) is 0 Å². The van der Waals surface area contributed by atoms with E-state index in [1.807, 2.05) is 12.3 Å². The lowest BCUT2D eigenvalue weighted by Crippen LogP contribution is -2.85. The fourth-order valence-electron chi connectivity index (χ4n) is 5.08. The highest BCUT2D eigenvalue weighted by Gasteiger charge is 2.82. The third-order valence-corrected chi connectivity index (χ3v) is 18.9. The predicted molar refractivity (Wildman–Crippen MR) is 143 cm³/mol. The first-order chi connectivity index (χ1) is 15.2. The maximum Gasteiger partial charge on any atom is 0.248 e. The van der Waals surface area contributed by atoms with Gasteiger partial charge in [-0.15, -0.1) is 0 Å². The Morgan fingerprint density at radius 1 is 0.971 bits per heavy atom. The van der Waals surface area contributed by atoms with Gasteiger partial charge in [-0.05, 0) is 55.0 Å². The summed E-state index contributed by atoms with van der Waals surface area (Å²) < 4.78 is 14.0. The molecule has 6 nitrogen and oxygen atoms in total. The van der Waals surface area contributed by atoms with Crippen molar-refractivity contribution in [3.05, 3.63) is 12.2 Å². The Kier molecular flexibility index (Phi) is 6.45. The van der Waals surface area contributed by atoms with E-state index in [0.717, 1.165) is 4.90 Å². The molecule has 192 valence electrons. The molecule has 1 saturated heterocycles. The van der Waals surface area contributed by atoms with Gasteiger partial charge in [0.1, 0.15) is 5.60 Å². The van der Waals surface area contributed by atoms with E-state index < -0.39 is 33.3 Å². The van der Waals surface area contributed by atoms with Crippen molar-refractivity contribution in [2.45, 2.75) is 95.4 Å². The summed E-state index contributed by atoms with van der Waals surface area (Å²) in [5.41, 5.74) is -4.25. The van der Waals surface area contributed by atoms with E-state index in [1.54, 1.807) is 17.8 Å². The highest BCUT2D eigenvalue weighted by Crippen LogP contribution is 2.63. The molecule has 2 amide bonds. The first kappa shape index (κ1) is 27.8. The number of carbonyl (C=O) groups excluding carboxylic acids is 3. The zero-order valence-electron chi connectivity index (χ0n) is 23.0. The number of rotatable bonds is 6. The lowest BCUT2D eigenvalue weighted by molar-refractivity contribution is -0.211. The molecular weight excluding hydrogens is 483 g/mol. The van der Waals surface area contributed by atoms with Crippen LogP contribution < -0.4 is 0 Å². The van der Waals surface area contributed by atoms with E-state index in [-0.39, 0.29) is 40.0 Å². The largest absolute Gasteiger partial charge is 0.403 e. The van der Waals surface area contributed by atoms with Gasteiger partial charge in [0.2, 0.25) is 17.6 Å². The molecule has 9 heteroatoms. The molecule has 0 radical (unpaired) electrons. The van der Waals surface area contributed by atoms with Crippen LogP contribution in [0.5, 0.6) is 0 Å². The van der Waals surface area contributed by atoms with Crippen molar-refractivity contribution >= 4 is 46.0 Å². The normalized spacial score (nSPS) is 31.5. The molecule has 1 aliphatic heterocycles. The summed E-state index contributed by atoms with van der Waals surface area (Å²) in [5, 5.41) is -0.317. The van der Waals surface area contributed by atoms with E-state index in [2.05, 4.69) is 67.7 Å². The van der Waals surface area contributed by atoms with Crippen molar-refractivity contribution in [2.24, 2.45) is 11.3 Å². The fraction of sp³-hybridized carbons (Fsp3) is 0.800. The van der Waals surface area contributed by atoms with Crippen LogP contribution in [-0.2, 0) is 23.2 Å². The summed E-state index contributed by atoms with van der Waals surface area (Å²) in [6.45, 7) is 21.2. The fourth-order valence-corrected chi connectivity index (χ4v) is 9.00. The Balaban J connectivity index is 2.27. The summed E-state index contributed by atoms with van der Waals surface area (Å²) in [4.78, 5) is 42.9. The van der Waals surface area contributed by atoms with Gasteiger partial charge in [0.05, 0.1) is 0 Å². The number of imide groups is 1. The number of hydrogen-bond donors (Lipinski definition) is 0. The van der Waals surface area contributed by atoms with E-state index >= 15 is 0 Å². The second-order valence-electron chi connectivity index (χ2n) is 13.4. The van der Waals surface area contributed by atoms with Gasteiger partial charge in [-0.3, -0.25) is 19.3 Å². The smallest absolute Gasteiger partial charge is 0.248 e. The number of hydrogen-bond acceptors (Lipinski definition) is 6. The number of thioether (sulfide) groups is 1. The van der Waals surface area contributed by atoms with Gasteiger partial charge in [-0.1, -0.05) is 47.6 Å². The van der Waals surface area contributed by atoms with Gasteiger partial charge in [0.15, 0.2) is 27.7 Å². The monoisotopic (exact) mass is 525 g/mol. The molecule has 0 N–H and O–H groups in total. The molecule has 2 bridgehead atoms. The molecule has 0 aromatic heterocycles. The molecule has 0 aromatic carbocycles. The Hall–Kier alpha value is -0.746. The van der Waals surface area contributed by atoms with Gasteiger partial charge >= 0.3 is 0 Å². The van der Waals surface area contributed by atoms with Crippen LogP contribution in [0.25, 0.3) is 0 Å². The average Bonchev–Trinajstić information content (AvgIpc) is 2.68. The van der Waals surface area contributed by atoms with Crippen LogP contribution in [0.1, 0.15) is 48.0 Å². The lowest BCUT2D eigenvalue weighted by atomic mass is 9.48. The zero-order chi connectivity index (χ0) is 26.3. The Labute approximate surface area is 211 Å². The third-order valence-electron chi connectivity index (χ3n) is 9.21. The maximum absolute atomic E-state index is 14.8. The molecule has 4 rings (SSSR count). The van der Waals surface area contributed by atoms with Crippen LogP contribution in [-0.4, -0.2) is 69.4 Å². The molecular formula is C25H43NO5SSi2. The van der Waals surface area contributed by atoms with Gasteiger partial charge in [-0.25, -0.2) is 0 Å². The first-order valence-electron chi connectivity index (χ1n) is 12.1. The number of Topliss-reactive ketones (excluding diaryl/α,β-unsaturated/α-hetero) is 1. The second-order valence-corrected chi connectivity index (χ2v) is 23.7. The predicted octanol–water partition coefficient (Wildman–Crippen LogP) is 5.01. The number of fused-ring (bicyclic) bond motifs is 1. The Bertz CT molecular complexity index is 932. The SMILES string of the molecule is CSC[C@@]1(O[Si](C)(C)C(C)(C)C)C(=O)[C@@]2(O[Si](C)(C)C(C)(C)C)C=C[C@@H]1CC21C(=O)N(C)C1=O. The first-order valence-corrected chi connectivity index (χ1v) is 19.3. The molecule has 1 heterocycles. The number of amides is 2. The van der Waals surface area contributed by atoms with Gasteiger partial charge < -0.3 is 8.85 Å². The van der Waals surface area contributed by atoms with E-state index in [0.29, 0.717) is 5.75 Å². The van der Waals surface area contributed by atoms with Gasteiger partial charge in [0, 0.05) is 18.7 Å². The third kappa shape index (κ3) is 3.44. The van der Waals surface area contributed by atoms with Crippen molar-refractivity contribution in [2.75, 3.05) is 19.1 Å². The molecule has 0 aromatic rings. The van der Waals surface area contributed by atoms with E-state index in [9.17, 15) is 14.4 Å². The minimum Gasteiger partial charge on any atom is -0.403 e. The quantitative estimate of drug-likeness (QED) is 0.210. The molecule has 0 unspecified atom stereocenters. The number of ketones is 1. The van der Waals surface area contributed by atoms with Crippen LogP contribution in [0.2, 0.25) is 36.3 Å². The summed E-state index contributed by atoms with van der Waals surface area (Å²) >= 11 is 1.57. The van der Waals surface area contributed by atoms with Crippen LogP contribution >= 0.6 is 11.8 Å². The van der Waals surface area contributed by atoms with Crippen molar-refractivity contribution in [1.82, 2.24) is 4.90 Å². The number of nitrogens with zero attached hydrogens (tertiary/aromatic N) is 1. The van der Waals surface area contributed by atoms with Crippen LogP contribution in [0.4, 0.5) is 0 Å². The minimum atomic E-state index is -2.58. The van der Waals surface area contributed by atoms with Crippen LogP contribution in [0, 0.1) is 11.3 Å². The van der Waals surface area contributed by atoms with Gasteiger partial charge in [0.25, 0.3) is 0 Å². The standard InChI is InChI=1S/C25H43NO5SSi2/c1-21(2,3)33(9,10)30-24(16-32-8)17-13-14-25(18(24)27,31-34(11,12)22(4,5)6)23(15-17)19(28)26(7)20(23)29/h13-14,17H,15-16H2,1-12H3/t17-,24+,25+/m1/s1. The molecule has 3 atom stereocenters. The number of likely N-dealkylation sites (tertiary alicyclic amines) is 1. The summed E-state index contributed by atoms with van der Waals surface area (Å²) in [6, 6.07) is 0.